The fraction of sp³-hybridized carbons (Fsp3) is 0.900. The molecule has 14 heavy (non-hydrogen) atoms. The molecule has 1 aliphatic rings. The highest BCUT2D eigenvalue weighted by molar-refractivity contribution is 6.30. The molecule has 0 aromatic heterocycles. The van der Waals surface area contributed by atoms with Gasteiger partial charge in [0.1, 0.15) is 5.38 Å². The number of ether oxygens (including phenoxy) is 1. The minimum Gasteiger partial charge on any atom is -0.380 e. The molecule has 0 radical (unpaired) electrons. The Balaban J connectivity index is 2.47. The number of rotatable bonds is 3. The maximum atomic E-state index is 11.7. The minimum absolute atomic E-state index is 0.0518. The minimum atomic E-state index is -0.370. The second kappa shape index (κ2) is 5.56. The van der Waals surface area contributed by atoms with Crippen LogP contribution in [0.2, 0.25) is 0 Å². The molecule has 1 heterocycles. The largest absolute Gasteiger partial charge is 0.380 e. The van der Waals surface area contributed by atoms with Gasteiger partial charge in [0, 0.05) is 20.2 Å². The van der Waals surface area contributed by atoms with E-state index >= 15 is 0 Å². The van der Waals surface area contributed by atoms with Crippen LogP contribution < -0.4 is 0 Å². The Hall–Kier alpha value is -0.280. The van der Waals surface area contributed by atoms with Gasteiger partial charge in [0.2, 0.25) is 5.91 Å². The SMILES string of the molecule is CC[C@@H](Cl)C(=O)N1CCC[C@H](OC)C1. The zero-order chi connectivity index (χ0) is 10.6. The molecule has 0 spiro atoms. The molecule has 0 saturated carbocycles. The topological polar surface area (TPSA) is 29.5 Å². The van der Waals surface area contributed by atoms with Crippen LogP contribution in [-0.4, -0.2) is 42.5 Å². The lowest BCUT2D eigenvalue weighted by Crippen LogP contribution is -2.45. The quantitative estimate of drug-likeness (QED) is 0.676. The van der Waals surface area contributed by atoms with Crippen molar-refractivity contribution in [3.05, 3.63) is 0 Å². The maximum absolute atomic E-state index is 11.7. The van der Waals surface area contributed by atoms with Crippen LogP contribution in [0.15, 0.2) is 0 Å². The van der Waals surface area contributed by atoms with Crippen molar-refractivity contribution in [2.45, 2.75) is 37.7 Å². The van der Waals surface area contributed by atoms with Crippen molar-refractivity contribution in [3.63, 3.8) is 0 Å². The number of nitrogens with zero attached hydrogens (tertiary/aromatic N) is 1. The van der Waals surface area contributed by atoms with Crippen molar-refractivity contribution in [2.24, 2.45) is 0 Å². The van der Waals surface area contributed by atoms with E-state index in [1.165, 1.54) is 0 Å². The van der Waals surface area contributed by atoms with Gasteiger partial charge in [0.15, 0.2) is 0 Å². The molecule has 2 atom stereocenters. The maximum Gasteiger partial charge on any atom is 0.240 e. The smallest absolute Gasteiger partial charge is 0.240 e. The number of hydrogen-bond acceptors (Lipinski definition) is 2. The lowest BCUT2D eigenvalue weighted by Gasteiger charge is -2.32. The van der Waals surface area contributed by atoms with Crippen LogP contribution in [0.1, 0.15) is 26.2 Å². The molecule has 1 rings (SSSR count). The van der Waals surface area contributed by atoms with Crippen LogP contribution in [0.4, 0.5) is 0 Å². The van der Waals surface area contributed by atoms with E-state index in [-0.39, 0.29) is 17.4 Å². The van der Waals surface area contributed by atoms with Gasteiger partial charge in [-0.2, -0.15) is 0 Å². The molecule has 82 valence electrons. The standard InChI is InChI=1S/C10H18ClNO2/c1-3-9(11)10(13)12-6-4-5-8(7-12)14-2/h8-9H,3-7H2,1-2H3/t8-,9+/m0/s1. The fourth-order valence-electron chi connectivity index (χ4n) is 1.70. The zero-order valence-electron chi connectivity index (χ0n) is 8.83. The highest BCUT2D eigenvalue weighted by Crippen LogP contribution is 2.15. The highest BCUT2D eigenvalue weighted by Gasteiger charge is 2.26. The summed E-state index contributed by atoms with van der Waals surface area (Å²) in [7, 11) is 1.69. The van der Waals surface area contributed by atoms with Crippen LogP contribution in [0.25, 0.3) is 0 Å². The number of methoxy groups -OCH3 is 1. The van der Waals surface area contributed by atoms with E-state index in [1.54, 1.807) is 7.11 Å². The summed E-state index contributed by atoms with van der Waals surface area (Å²) in [5.74, 6) is 0.0518. The second-order valence-electron chi connectivity index (χ2n) is 3.66. The predicted molar refractivity (Wildman–Crippen MR) is 56.5 cm³/mol. The Morgan fingerprint density at radius 2 is 2.43 bits per heavy atom. The predicted octanol–water partition coefficient (Wildman–Crippen LogP) is 1.64. The Morgan fingerprint density at radius 3 is 3.00 bits per heavy atom. The zero-order valence-corrected chi connectivity index (χ0v) is 9.59. The number of hydrogen-bond donors (Lipinski definition) is 0. The lowest BCUT2D eigenvalue weighted by molar-refractivity contribution is -0.134. The lowest BCUT2D eigenvalue weighted by atomic mass is 10.1. The summed E-state index contributed by atoms with van der Waals surface area (Å²) in [4.78, 5) is 13.5. The van der Waals surface area contributed by atoms with Gasteiger partial charge < -0.3 is 9.64 Å². The molecule has 0 bridgehead atoms. The molecule has 0 aliphatic carbocycles. The molecule has 1 amide bonds. The molecule has 1 fully saturated rings. The summed E-state index contributed by atoms with van der Waals surface area (Å²) in [6.07, 6.45) is 2.93. The normalized spacial score (nSPS) is 24.8. The van der Waals surface area contributed by atoms with Crippen molar-refractivity contribution in [3.8, 4) is 0 Å². The Kier molecular flexibility index (Phi) is 4.69. The van der Waals surface area contributed by atoms with Crippen molar-refractivity contribution >= 4 is 17.5 Å². The highest BCUT2D eigenvalue weighted by atomic mass is 35.5. The summed E-state index contributed by atoms with van der Waals surface area (Å²) in [6.45, 7) is 3.44. The molecule has 0 aromatic rings. The van der Waals surface area contributed by atoms with Gasteiger partial charge in [-0.15, -0.1) is 11.6 Å². The summed E-state index contributed by atoms with van der Waals surface area (Å²) in [5, 5.41) is -0.370. The third-order valence-electron chi connectivity index (χ3n) is 2.65. The third kappa shape index (κ3) is 2.85. The summed E-state index contributed by atoms with van der Waals surface area (Å²) < 4.78 is 5.25. The van der Waals surface area contributed by atoms with E-state index in [2.05, 4.69) is 0 Å². The van der Waals surface area contributed by atoms with Gasteiger partial charge in [-0.05, 0) is 19.3 Å². The molecule has 3 nitrogen and oxygen atoms in total. The van der Waals surface area contributed by atoms with E-state index in [0.717, 1.165) is 19.4 Å². The summed E-state index contributed by atoms with van der Waals surface area (Å²) >= 11 is 5.91. The van der Waals surface area contributed by atoms with E-state index < -0.39 is 0 Å². The van der Waals surface area contributed by atoms with Crippen LogP contribution in [-0.2, 0) is 9.53 Å². The van der Waals surface area contributed by atoms with E-state index in [9.17, 15) is 4.79 Å². The third-order valence-corrected chi connectivity index (χ3v) is 3.14. The second-order valence-corrected chi connectivity index (χ2v) is 4.19. The molecule has 0 N–H and O–H groups in total. The van der Waals surface area contributed by atoms with Gasteiger partial charge in [0.25, 0.3) is 0 Å². The Labute approximate surface area is 90.4 Å². The first-order chi connectivity index (χ1) is 6.69. The number of alkyl halides is 1. The van der Waals surface area contributed by atoms with E-state index in [1.807, 2.05) is 11.8 Å². The molecule has 4 heteroatoms. The molecule has 1 aliphatic heterocycles. The van der Waals surface area contributed by atoms with Crippen LogP contribution in [0, 0.1) is 0 Å². The van der Waals surface area contributed by atoms with Gasteiger partial charge in [0.05, 0.1) is 6.10 Å². The first kappa shape index (κ1) is 11.8. The first-order valence-electron chi connectivity index (χ1n) is 5.14. The monoisotopic (exact) mass is 219 g/mol. The molecule has 0 unspecified atom stereocenters. The summed E-state index contributed by atoms with van der Waals surface area (Å²) in [5.41, 5.74) is 0. The number of halogens is 1. The molecular formula is C10H18ClNO2. The first-order valence-corrected chi connectivity index (χ1v) is 5.58. The van der Waals surface area contributed by atoms with Gasteiger partial charge in [-0.25, -0.2) is 0 Å². The molecule has 0 aromatic carbocycles. The average Bonchev–Trinajstić information content (AvgIpc) is 2.27. The number of carbonyl (C=O) groups excluding carboxylic acids is 1. The van der Waals surface area contributed by atoms with E-state index in [4.69, 9.17) is 16.3 Å². The number of likely N-dealkylation sites (tertiary alicyclic amines) is 1. The Morgan fingerprint density at radius 1 is 1.71 bits per heavy atom. The van der Waals surface area contributed by atoms with Crippen molar-refractivity contribution in [1.29, 1.82) is 0 Å². The van der Waals surface area contributed by atoms with Crippen LogP contribution >= 0.6 is 11.6 Å². The van der Waals surface area contributed by atoms with Crippen molar-refractivity contribution in [1.82, 2.24) is 4.90 Å². The van der Waals surface area contributed by atoms with Crippen LogP contribution in [0.5, 0.6) is 0 Å². The summed E-state index contributed by atoms with van der Waals surface area (Å²) in [6, 6.07) is 0. The van der Waals surface area contributed by atoms with Crippen LogP contribution in [0.3, 0.4) is 0 Å². The fourth-order valence-corrected chi connectivity index (χ4v) is 1.84. The number of piperidine rings is 1. The molecular weight excluding hydrogens is 202 g/mol. The van der Waals surface area contributed by atoms with E-state index in [0.29, 0.717) is 13.0 Å². The number of amides is 1. The van der Waals surface area contributed by atoms with Gasteiger partial charge >= 0.3 is 0 Å². The molecule has 1 saturated heterocycles. The number of carbonyl (C=O) groups is 1. The van der Waals surface area contributed by atoms with Gasteiger partial charge in [-0.3, -0.25) is 4.79 Å². The average molecular weight is 220 g/mol. The van der Waals surface area contributed by atoms with Gasteiger partial charge in [-0.1, -0.05) is 6.92 Å². The van der Waals surface area contributed by atoms with Crippen molar-refractivity contribution in [2.75, 3.05) is 20.2 Å². The van der Waals surface area contributed by atoms with Crippen molar-refractivity contribution < 1.29 is 9.53 Å². The Bertz CT molecular complexity index is 199.